The molecule has 1 spiro atoms. The number of ether oxygens (including phenoxy) is 4. The van der Waals surface area contributed by atoms with E-state index in [0.717, 1.165) is 74.3 Å². The van der Waals surface area contributed by atoms with Crippen molar-refractivity contribution < 1.29 is 27.7 Å². The second-order valence-corrected chi connectivity index (χ2v) is 16.6. The highest BCUT2D eigenvalue weighted by Gasteiger charge is 2.56. The summed E-state index contributed by atoms with van der Waals surface area (Å²) in [6.45, 7) is 9.54. The van der Waals surface area contributed by atoms with Crippen LogP contribution in [0.15, 0.2) is 91.0 Å². The molecule has 0 atom stereocenters. The summed E-state index contributed by atoms with van der Waals surface area (Å²) in [5, 5.41) is 1.61. The Kier molecular flexibility index (Phi) is 6.79. The van der Waals surface area contributed by atoms with E-state index in [-0.39, 0.29) is 22.0 Å². The monoisotopic (exact) mass is 699 g/mol. The number of hydrogen-bond donors (Lipinski definition) is 0. The zero-order valence-electron chi connectivity index (χ0n) is 30.7. The zero-order chi connectivity index (χ0) is 36.4. The molecular weight excluding hydrogens is 656 g/mol. The summed E-state index contributed by atoms with van der Waals surface area (Å²) in [6, 6.07) is 28.2. The van der Waals surface area contributed by atoms with E-state index in [4.69, 9.17) is 18.9 Å². The van der Waals surface area contributed by atoms with Gasteiger partial charge in [-0.2, -0.15) is 0 Å². The number of methoxy groups -OCH3 is 2. The molecule has 266 valence electrons. The summed E-state index contributed by atoms with van der Waals surface area (Å²) in [7, 11) is 4.68. The number of alkyl halides is 2. The molecule has 1 fully saturated rings. The fourth-order valence-electron chi connectivity index (χ4n) is 10.5. The number of rotatable bonds is 4. The van der Waals surface area contributed by atoms with E-state index in [1.54, 1.807) is 20.3 Å². The van der Waals surface area contributed by atoms with Crippen molar-refractivity contribution in [3.63, 3.8) is 0 Å². The van der Waals surface area contributed by atoms with E-state index < -0.39 is 11.8 Å². The second-order valence-electron chi connectivity index (χ2n) is 16.6. The van der Waals surface area contributed by atoms with E-state index >= 15 is 8.78 Å². The van der Waals surface area contributed by atoms with Gasteiger partial charge in [0.1, 0.15) is 17.2 Å². The number of nitrogens with zero attached hydrogens (tertiary/aromatic N) is 1. The molecule has 0 N–H and O–H groups in total. The van der Waals surface area contributed by atoms with Gasteiger partial charge >= 0.3 is 6.23 Å². The number of hydrogen-bond acceptors (Lipinski definition) is 5. The number of anilines is 1. The topological polar surface area (TPSA) is 40.2 Å². The summed E-state index contributed by atoms with van der Waals surface area (Å²) < 4.78 is 54.4. The molecule has 0 saturated heterocycles. The molecule has 0 radical (unpaired) electrons. The van der Waals surface area contributed by atoms with E-state index in [1.165, 1.54) is 18.2 Å². The molecule has 5 aromatic rings. The van der Waals surface area contributed by atoms with Crippen LogP contribution in [0.4, 0.5) is 14.5 Å². The maximum atomic E-state index is 15.2. The average molecular weight is 700 g/mol. The van der Waals surface area contributed by atoms with Gasteiger partial charge < -0.3 is 18.9 Å². The molecule has 5 aromatic carbocycles. The van der Waals surface area contributed by atoms with Crippen LogP contribution < -0.4 is 23.8 Å². The first kappa shape index (κ1) is 32.8. The zero-order valence-corrected chi connectivity index (χ0v) is 30.7. The van der Waals surface area contributed by atoms with Gasteiger partial charge in [0, 0.05) is 34.5 Å². The van der Waals surface area contributed by atoms with Crippen molar-refractivity contribution in [1.29, 1.82) is 0 Å². The minimum Gasteiger partial charge on any atom is -0.497 e. The third-order valence-electron chi connectivity index (χ3n) is 11.9. The quantitative estimate of drug-likeness (QED) is 0.175. The van der Waals surface area contributed by atoms with E-state index in [2.05, 4.69) is 64.1 Å². The molecule has 0 aromatic heterocycles. The maximum Gasteiger partial charge on any atom is 0.496 e. The van der Waals surface area contributed by atoms with Crippen LogP contribution in [0.5, 0.6) is 23.0 Å². The first-order valence-electron chi connectivity index (χ1n) is 18.0. The van der Waals surface area contributed by atoms with Crippen LogP contribution in [0.1, 0.15) is 74.8 Å². The number of fused-ring (bicyclic) bond motifs is 11. The third-order valence-corrected chi connectivity index (χ3v) is 11.9. The van der Waals surface area contributed by atoms with Crippen LogP contribution in [0.25, 0.3) is 28.0 Å². The minimum absolute atomic E-state index is 0.0432. The van der Waals surface area contributed by atoms with Crippen LogP contribution in [0.3, 0.4) is 0 Å². The Morgan fingerprint density at radius 3 is 1.90 bits per heavy atom. The highest BCUT2D eigenvalue weighted by molar-refractivity contribution is 6.10. The molecule has 0 unspecified atom stereocenters. The Morgan fingerprint density at radius 2 is 1.31 bits per heavy atom. The molecule has 5 nitrogen and oxygen atoms in total. The Labute approximate surface area is 303 Å². The highest BCUT2D eigenvalue weighted by atomic mass is 19.3. The number of halogens is 2. The molecule has 9 rings (SSSR count). The van der Waals surface area contributed by atoms with Crippen molar-refractivity contribution in [3.8, 4) is 34.1 Å². The molecule has 1 saturated carbocycles. The van der Waals surface area contributed by atoms with Gasteiger partial charge in [0.15, 0.2) is 11.4 Å². The van der Waals surface area contributed by atoms with Gasteiger partial charge in [0.25, 0.3) is 0 Å². The highest BCUT2D eigenvalue weighted by Crippen LogP contribution is 2.67. The van der Waals surface area contributed by atoms with Crippen molar-refractivity contribution in [1.82, 2.24) is 0 Å². The molecule has 4 aliphatic rings. The lowest BCUT2D eigenvalue weighted by atomic mass is 9.52. The Bertz CT molecular complexity index is 2240. The largest absolute Gasteiger partial charge is 0.497 e. The van der Waals surface area contributed by atoms with Crippen LogP contribution >= 0.6 is 0 Å². The summed E-state index contributed by atoms with van der Waals surface area (Å²) in [4.78, 5) is 0.927. The smallest absolute Gasteiger partial charge is 0.496 e. The predicted molar refractivity (Wildman–Crippen MR) is 202 cm³/mol. The van der Waals surface area contributed by atoms with Gasteiger partial charge in [0.05, 0.1) is 19.9 Å². The summed E-state index contributed by atoms with van der Waals surface area (Å²) in [5.74, 6) is 2.25. The van der Waals surface area contributed by atoms with Crippen molar-refractivity contribution in [3.05, 3.63) is 119 Å². The fourth-order valence-corrected chi connectivity index (χ4v) is 10.5. The standard InChI is InChI=1S/C45H43F2NO4/c1-41(2)24-42(3,4)26-43(25-41)35-11-9-8-10-31(35)38-33-22-36-37(51-45(46,47)48(36)5)23-34(33)40-32(39(38)43)20-21-44(52-40,27-12-16-29(49-6)17-13-27)28-14-18-30(50-7)19-15-28/h8-23H,24-26H2,1-7H3. The molecule has 0 amide bonds. The average Bonchev–Trinajstić information content (AvgIpc) is 3.51. The maximum absolute atomic E-state index is 15.2. The Hall–Kier alpha value is -5.04. The van der Waals surface area contributed by atoms with E-state index in [0.29, 0.717) is 11.4 Å². The SMILES string of the molecule is COc1ccc(C2(c3ccc(OC)cc3)C=Cc3c4c(c5cc6c(cc5c3O2)OC(F)(F)N6C)-c2ccccc2C42CC(C)(C)CC(C)(C)C2)cc1. The Balaban J connectivity index is 1.39. The first-order valence-corrected chi connectivity index (χ1v) is 18.0. The van der Waals surface area contributed by atoms with Gasteiger partial charge in [-0.15, -0.1) is 8.78 Å². The molecule has 52 heavy (non-hydrogen) atoms. The van der Waals surface area contributed by atoms with Crippen LogP contribution in [0.2, 0.25) is 0 Å². The van der Waals surface area contributed by atoms with Crippen LogP contribution in [-0.2, 0) is 11.0 Å². The van der Waals surface area contributed by atoms with Crippen molar-refractivity contribution in [2.45, 2.75) is 64.2 Å². The fraction of sp³-hybridized carbons (Fsp3) is 0.333. The second kappa shape index (κ2) is 10.8. The lowest BCUT2D eigenvalue weighted by Gasteiger charge is -2.52. The molecule has 2 aliphatic heterocycles. The molecule has 2 aliphatic carbocycles. The van der Waals surface area contributed by atoms with E-state index in [9.17, 15) is 0 Å². The Morgan fingerprint density at radius 1 is 0.712 bits per heavy atom. The first-order chi connectivity index (χ1) is 24.7. The predicted octanol–water partition coefficient (Wildman–Crippen LogP) is 11.1. The van der Waals surface area contributed by atoms with Gasteiger partial charge in [-0.05, 0) is 100 Å². The van der Waals surface area contributed by atoms with Gasteiger partial charge in [-0.1, -0.05) is 82.3 Å². The molecule has 0 bridgehead atoms. The number of benzene rings is 5. The van der Waals surface area contributed by atoms with E-state index in [1.807, 2.05) is 54.6 Å². The normalized spacial score (nSPS) is 20.4. The van der Waals surface area contributed by atoms with Crippen molar-refractivity contribution >= 4 is 22.5 Å². The molecule has 2 heterocycles. The molecular formula is C45H43F2NO4. The van der Waals surface area contributed by atoms with Crippen molar-refractivity contribution in [2.75, 3.05) is 26.2 Å². The van der Waals surface area contributed by atoms with Crippen molar-refractivity contribution in [2.24, 2.45) is 10.8 Å². The summed E-state index contributed by atoms with van der Waals surface area (Å²) in [6.07, 6.45) is 3.91. The molecule has 7 heteroatoms. The minimum atomic E-state index is -3.48. The van der Waals surface area contributed by atoms with Crippen LogP contribution in [0, 0.1) is 10.8 Å². The van der Waals surface area contributed by atoms with Gasteiger partial charge in [-0.25, -0.2) is 0 Å². The van der Waals surface area contributed by atoms with Gasteiger partial charge in [0.2, 0.25) is 0 Å². The summed E-state index contributed by atoms with van der Waals surface area (Å²) in [5.41, 5.74) is 6.61. The lowest BCUT2D eigenvalue weighted by Crippen LogP contribution is -2.44. The third kappa shape index (κ3) is 4.56. The lowest BCUT2D eigenvalue weighted by molar-refractivity contribution is -0.159. The summed E-state index contributed by atoms with van der Waals surface area (Å²) >= 11 is 0. The van der Waals surface area contributed by atoms with Crippen LogP contribution in [-0.4, -0.2) is 27.5 Å². The van der Waals surface area contributed by atoms with Gasteiger partial charge in [-0.3, -0.25) is 4.90 Å².